The topological polar surface area (TPSA) is 26.3 Å². The van der Waals surface area contributed by atoms with E-state index in [2.05, 4.69) is 0 Å². The van der Waals surface area contributed by atoms with E-state index in [1.165, 1.54) is 17.8 Å². The molecule has 1 fully saturated rings. The molecule has 2 rings (SSSR count). The lowest BCUT2D eigenvalue weighted by atomic mass is 9.96. The number of hydrogen-bond donors (Lipinski definition) is 0. The van der Waals surface area contributed by atoms with E-state index in [4.69, 9.17) is 4.74 Å². The molecule has 0 spiro atoms. The Morgan fingerprint density at radius 2 is 2.42 bits per heavy atom. The molecular weight excluding hydrogens is 172 g/mol. The normalized spacial score (nSPS) is 17.0. The summed E-state index contributed by atoms with van der Waals surface area (Å²) in [5.41, 5.74) is 0.687. The summed E-state index contributed by atoms with van der Waals surface area (Å²) < 4.78 is 5.20. The fourth-order valence-corrected chi connectivity index (χ4v) is 1.71. The molecule has 1 aliphatic rings. The highest BCUT2D eigenvalue weighted by atomic mass is 32.1. The van der Waals surface area contributed by atoms with Gasteiger partial charge in [-0.3, -0.25) is 0 Å². The first kappa shape index (κ1) is 7.80. The second-order valence-electron chi connectivity index (χ2n) is 2.97. The lowest BCUT2D eigenvalue weighted by Crippen LogP contribution is -2.24. The van der Waals surface area contributed by atoms with Crippen molar-refractivity contribution in [2.75, 3.05) is 0 Å². The van der Waals surface area contributed by atoms with E-state index >= 15 is 0 Å². The lowest BCUT2D eigenvalue weighted by Gasteiger charge is -2.24. The minimum atomic E-state index is -0.166. The van der Waals surface area contributed by atoms with Crippen LogP contribution in [0.2, 0.25) is 0 Å². The molecular formula is C9H10O2S. The van der Waals surface area contributed by atoms with E-state index in [1.54, 1.807) is 6.07 Å². The van der Waals surface area contributed by atoms with Gasteiger partial charge in [-0.05, 0) is 30.7 Å². The predicted octanol–water partition coefficient (Wildman–Crippen LogP) is 2.46. The van der Waals surface area contributed by atoms with Crippen molar-refractivity contribution < 1.29 is 9.53 Å². The van der Waals surface area contributed by atoms with Crippen LogP contribution in [0.25, 0.3) is 0 Å². The highest BCUT2D eigenvalue weighted by Crippen LogP contribution is 2.23. The molecule has 0 saturated heterocycles. The summed E-state index contributed by atoms with van der Waals surface area (Å²) in [5.74, 6) is -0.166. The summed E-state index contributed by atoms with van der Waals surface area (Å²) in [7, 11) is 0. The van der Waals surface area contributed by atoms with Crippen LogP contribution in [0, 0.1) is 0 Å². The maximum absolute atomic E-state index is 11.3. The third-order valence-corrected chi connectivity index (χ3v) is 2.77. The van der Waals surface area contributed by atoms with E-state index in [0.29, 0.717) is 5.56 Å². The number of carbonyl (C=O) groups excluding carboxylic acids is 1. The number of esters is 1. The first-order chi connectivity index (χ1) is 5.86. The van der Waals surface area contributed by atoms with E-state index < -0.39 is 0 Å². The molecule has 1 aromatic heterocycles. The van der Waals surface area contributed by atoms with Gasteiger partial charge in [-0.25, -0.2) is 4.79 Å². The largest absolute Gasteiger partial charge is 0.459 e. The summed E-state index contributed by atoms with van der Waals surface area (Å²) in [4.78, 5) is 11.3. The quantitative estimate of drug-likeness (QED) is 0.657. The van der Waals surface area contributed by atoms with Crippen molar-refractivity contribution in [2.45, 2.75) is 25.4 Å². The van der Waals surface area contributed by atoms with Crippen LogP contribution in [0.5, 0.6) is 0 Å². The number of ether oxygens (including phenoxy) is 1. The SMILES string of the molecule is O=C(OC1CCC1)c1ccsc1. The van der Waals surface area contributed by atoms with Gasteiger partial charge in [-0.1, -0.05) is 0 Å². The fourth-order valence-electron chi connectivity index (χ4n) is 1.09. The molecule has 0 unspecified atom stereocenters. The minimum absolute atomic E-state index is 0.166. The van der Waals surface area contributed by atoms with Crippen molar-refractivity contribution in [1.29, 1.82) is 0 Å². The van der Waals surface area contributed by atoms with Gasteiger partial charge in [0.2, 0.25) is 0 Å². The van der Waals surface area contributed by atoms with Crippen molar-refractivity contribution in [1.82, 2.24) is 0 Å². The van der Waals surface area contributed by atoms with E-state index in [1.807, 2.05) is 10.8 Å². The van der Waals surface area contributed by atoms with Gasteiger partial charge >= 0.3 is 5.97 Å². The van der Waals surface area contributed by atoms with Gasteiger partial charge in [0.05, 0.1) is 5.56 Å². The molecule has 1 saturated carbocycles. The maximum atomic E-state index is 11.3. The lowest BCUT2D eigenvalue weighted by molar-refractivity contribution is 0.00907. The van der Waals surface area contributed by atoms with Gasteiger partial charge in [-0.15, -0.1) is 0 Å². The van der Waals surface area contributed by atoms with Crippen LogP contribution in [0.15, 0.2) is 16.8 Å². The summed E-state index contributed by atoms with van der Waals surface area (Å²) in [6.07, 6.45) is 3.46. The zero-order valence-corrected chi connectivity index (χ0v) is 7.47. The third kappa shape index (κ3) is 1.50. The molecule has 0 amide bonds. The highest BCUT2D eigenvalue weighted by Gasteiger charge is 2.22. The Morgan fingerprint density at radius 1 is 1.58 bits per heavy atom. The zero-order valence-electron chi connectivity index (χ0n) is 6.66. The summed E-state index contributed by atoms with van der Waals surface area (Å²) in [6, 6.07) is 1.80. The third-order valence-electron chi connectivity index (χ3n) is 2.08. The van der Waals surface area contributed by atoms with E-state index in [0.717, 1.165) is 12.8 Å². The number of hydrogen-bond acceptors (Lipinski definition) is 3. The first-order valence-corrected chi connectivity index (χ1v) is 5.04. The van der Waals surface area contributed by atoms with Crippen LogP contribution >= 0.6 is 11.3 Å². The Labute approximate surface area is 75.2 Å². The number of carbonyl (C=O) groups is 1. The van der Waals surface area contributed by atoms with Crippen LogP contribution in [-0.4, -0.2) is 12.1 Å². The van der Waals surface area contributed by atoms with E-state index in [9.17, 15) is 4.79 Å². The smallest absolute Gasteiger partial charge is 0.339 e. The first-order valence-electron chi connectivity index (χ1n) is 4.09. The van der Waals surface area contributed by atoms with Gasteiger partial charge in [0, 0.05) is 5.38 Å². The average Bonchev–Trinajstić information content (AvgIpc) is 2.47. The van der Waals surface area contributed by atoms with Crippen molar-refractivity contribution in [3.63, 3.8) is 0 Å². The molecule has 0 aliphatic heterocycles. The standard InChI is InChI=1S/C9H10O2S/c10-9(7-4-5-12-6-7)11-8-2-1-3-8/h4-6,8H,1-3H2. The Morgan fingerprint density at radius 3 is 2.92 bits per heavy atom. The monoisotopic (exact) mass is 182 g/mol. The zero-order chi connectivity index (χ0) is 8.39. The van der Waals surface area contributed by atoms with Crippen molar-refractivity contribution in [3.8, 4) is 0 Å². The Bertz CT molecular complexity index is 262. The van der Waals surface area contributed by atoms with Crippen LogP contribution in [0.4, 0.5) is 0 Å². The van der Waals surface area contributed by atoms with Crippen LogP contribution in [0.1, 0.15) is 29.6 Å². The highest BCUT2D eigenvalue weighted by molar-refractivity contribution is 7.08. The van der Waals surface area contributed by atoms with Crippen molar-refractivity contribution in [2.24, 2.45) is 0 Å². The van der Waals surface area contributed by atoms with Gasteiger partial charge < -0.3 is 4.74 Å². The van der Waals surface area contributed by atoms with Gasteiger partial charge in [0.1, 0.15) is 6.10 Å². The Hall–Kier alpha value is -0.830. The molecule has 1 aliphatic carbocycles. The van der Waals surface area contributed by atoms with Gasteiger partial charge in [0.25, 0.3) is 0 Å². The number of rotatable bonds is 2. The maximum Gasteiger partial charge on any atom is 0.339 e. The van der Waals surface area contributed by atoms with Crippen LogP contribution < -0.4 is 0 Å². The second kappa shape index (κ2) is 3.27. The minimum Gasteiger partial charge on any atom is -0.459 e. The van der Waals surface area contributed by atoms with Crippen molar-refractivity contribution in [3.05, 3.63) is 22.4 Å². The summed E-state index contributed by atoms with van der Waals surface area (Å²) in [6.45, 7) is 0. The predicted molar refractivity (Wildman–Crippen MR) is 47.4 cm³/mol. The summed E-state index contributed by atoms with van der Waals surface area (Å²) >= 11 is 1.52. The van der Waals surface area contributed by atoms with Gasteiger partial charge in [-0.2, -0.15) is 11.3 Å². The molecule has 2 nitrogen and oxygen atoms in total. The van der Waals surface area contributed by atoms with E-state index in [-0.39, 0.29) is 12.1 Å². The summed E-state index contributed by atoms with van der Waals surface area (Å²) in [5, 5.41) is 3.71. The molecule has 1 heterocycles. The molecule has 3 heteroatoms. The van der Waals surface area contributed by atoms with Gasteiger partial charge in [0.15, 0.2) is 0 Å². The van der Waals surface area contributed by atoms with Crippen LogP contribution in [0.3, 0.4) is 0 Å². The Kier molecular flexibility index (Phi) is 2.13. The Balaban J connectivity index is 1.92. The molecule has 0 N–H and O–H groups in total. The molecule has 1 aromatic rings. The molecule has 0 radical (unpaired) electrons. The second-order valence-corrected chi connectivity index (χ2v) is 3.75. The molecule has 0 bridgehead atoms. The fraction of sp³-hybridized carbons (Fsp3) is 0.444. The molecule has 12 heavy (non-hydrogen) atoms. The number of thiophene rings is 1. The van der Waals surface area contributed by atoms with Crippen molar-refractivity contribution >= 4 is 17.3 Å². The molecule has 0 atom stereocenters. The molecule has 0 aromatic carbocycles. The average molecular weight is 182 g/mol. The van der Waals surface area contributed by atoms with Crippen LogP contribution in [-0.2, 0) is 4.74 Å². The molecule has 64 valence electrons.